The summed E-state index contributed by atoms with van der Waals surface area (Å²) in [6.45, 7) is 4.74. The summed E-state index contributed by atoms with van der Waals surface area (Å²) in [4.78, 5) is 0. The summed E-state index contributed by atoms with van der Waals surface area (Å²) in [5.74, 6) is 0. The largest absolute Gasteiger partial charge is 0.381 e. The zero-order valence-corrected chi connectivity index (χ0v) is 10.6. The predicted molar refractivity (Wildman–Crippen MR) is 68.2 cm³/mol. The summed E-state index contributed by atoms with van der Waals surface area (Å²) in [5.41, 5.74) is 2.57. The Labute approximate surface area is 103 Å². The average Bonchev–Trinajstić information content (AvgIpc) is 2.40. The first-order chi connectivity index (χ1) is 8.29. The quantitative estimate of drug-likeness (QED) is 0.865. The number of ether oxygens (including phenoxy) is 2. The van der Waals surface area contributed by atoms with E-state index in [0.717, 1.165) is 26.1 Å². The summed E-state index contributed by atoms with van der Waals surface area (Å²) in [6, 6.07) is 8.62. The van der Waals surface area contributed by atoms with Crippen molar-refractivity contribution >= 4 is 0 Å². The van der Waals surface area contributed by atoms with Crippen LogP contribution in [0.5, 0.6) is 0 Å². The second kappa shape index (κ2) is 6.15. The normalized spacial score (nSPS) is 22.4. The Morgan fingerprint density at radius 1 is 1.53 bits per heavy atom. The molecule has 2 atom stereocenters. The molecule has 0 saturated carbocycles. The van der Waals surface area contributed by atoms with Gasteiger partial charge >= 0.3 is 0 Å². The summed E-state index contributed by atoms with van der Waals surface area (Å²) in [6.07, 6.45) is 1.40. The molecule has 3 heteroatoms. The molecule has 2 unspecified atom stereocenters. The highest BCUT2D eigenvalue weighted by atomic mass is 16.5. The maximum Gasteiger partial charge on any atom is 0.0949 e. The van der Waals surface area contributed by atoms with Gasteiger partial charge in [-0.2, -0.15) is 0 Å². The summed E-state index contributed by atoms with van der Waals surface area (Å²) < 4.78 is 11.1. The molecule has 1 aromatic rings. The van der Waals surface area contributed by atoms with Crippen molar-refractivity contribution in [1.82, 2.24) is 5.32 Å². The molecule has 0 radical (unpaired) electrons. The molecule has 1 aliphatic rings. The highest BCUT2D eigenvalue weighted by Gasteiger charge is 2.15. The Hall–Kier alpha value is -0.900. The maximum atomic E-state index is 5.76. The number of benzene rings is 1. The van der Waals surface area contributed by atoms with Gasteiger partial charge in [-0.05, 0) is 24.5 Å². The molecule has 2 rings (SSSR count). The van der Waals surface area contributed by atoms with Gasteiger partial charge in [0.15, 0.2) is 0 Å². The van der Waals surface area contributed by atoms with Crippen molar-refractivity contribution in [1.29, 1.82) is 0 Å². The molecule has 0 amide bonds. The lowest BCUT2D eigenvalue weighted by Gasteiger charge is -2.24. The number of methoxy groups -OCH3 is 1. The summed E-state index contributed by atoms with van der Waals surface area (Å²) in [7, 11) is 1.75. The van der Waals surface area contributed by atoms with Gasteiger partial charge in [0.25, 0.3) is 0 Å². The topological polar surface area (TPSA) is 30.5 Å². The fourth-order valence-corrected chi connectivity index (χ4v) is 2.12. The van der Waals surface area contributed by atoms with E-state index in [2.05, 4.69) is 36.5 Å². The van der Waals surface area contributed by atoms with E-state index in [-0.39, 0.29) is 12.2 Å². The van der Waals surface area contributed by atoms with Gasteiger partial charge in [-0.3, -0.25) is 0 Å². The van der Waals surface area contributed by atoms with Crippen molar-refractivity contribution in [2.75, 3.05) is 26.8 Å². The lowest BCUT2D eigenvalue weighted by Crippen LogP contribution is -2.33. The molecule has 0 bridgehead atoms. The van der Waals surface area contributed by atoms with Gasteiger partial charge in [0.05, 0.1) is 18.8 Å². The third-order valence-electron chi connectivity index (χ3n) is 3.18. The SMILES string of the molecule is COC(C)Cc1cccc(C2CNCCO2)c1. The molecule has 1 fully saturated rings. The average molecular weight is 235 g/mol. The van der Waals surface area contributed by atoms with Crippen LogP contribution in [0.3, 0.4) is 0 Å². The first kappa shape index (κ1) is 12.6. The second-order valence-corrected chi connectivity index (χ2v) is 4.56. The number of rotatable bonds is 4. The highest BCUT2D eigenvalue weighted by Crippen LogP contribution is 2.20. The smallest absolute Gasteiger partial charge is 0.0949 e. The van der Waals surface area contributed by atoms with E-state index < -0.39 is 0 Å². The monoisotopic (exact) mass is 235 g/mol. The van der Waals surface area contributed by atoms with Crippen LogP contribution in [0, 0.1) is 0 Å². The zero-order chi connectivity index (χ0) is 12.1. The Morgan fingerprint density at radius 2 is 2.41 bits per heavy atom. The predicted octanol–water partition coefficient (Wildman–Crippen LogP) is 1.92. The Morgan fingerprint density at radius 3 is 3.12 bits per heavy atom. The zero-order valence-electron chi connectivity index (χ0n) is 10.6. The van der Waals surface area contributed by atoms with Gasteiger partial charge < -0.3 is 14.8 Å². The van der Waals surface area contributed by atoms with E-state index in [1.165, 1.54) is 11.1 Å². The molecule has 1 aromatic carbocycles. The van der Waals surface area contributed by atoms with Crippen molar-refractivity contribution in [3.63, 3.8) is 0 Å². The number of nitrogens with one attached hydrogen (secondary N) is 1. The second-order valence-electron chi connectivity index (χ2n) is 4.56. The van der Waals surface area contributed by atoms with E-state index in [4.69, 9.17) is 9.47 Å². The van der Waals surface area contributed by atoms with Crippen LogP contribution in [-0.2, 0) is 15.9 Å². The minimum absolute atomic E-state index is 0.196. The fraction of sp³-hybridized carbons (Fsp3) is 0.571. The summed E-state index contributed by atoms with van der Waals surface area (Å²) in [5, 5.41) is 3.36. The van der Waals surface area contributed by atoms with Crippen LogP contribution in [-0.4, -0.2) is 32.9 Å². The van der Waals surface area contributed by atoms with Crippen molar-refractivity contribution in [3.05, 3.63) is 35.4 Å². The van der Waals surface area contributed by atoms with Gasteiger partial charge in [-0.25, -0.2) is 0 Å². The Kier molecular flexibility index (Phi) is 4.54. The van der Waals surface area contributed by atoms with Crippen LogP contribution >= 0.6 is 0 Å². The van der Waals surface area contributed by atoms with Crippen LogP contribution in [0.1, 0.15) is 24.2 Å². The molecule has 17 heavy (non-hydrogen) atoms. The van der Waals surface area contributed by atoms with Crippen LogP contribution in [0.15, 0.2) is 24.3 Å². The van der Waals surface area contributed by atoms with Gasteiger partial charge in [0.1, 0.15) is 0 Å². The van der Waals surface area contributed by atoms with Gasteiger partial charge in [0.2, 0.25) is 0 Å². The molecule has 0 spiro atoms. The van der Waals surface area contributed by atoms with E-state index in [1.54, 1.807) is 7.11 Å². The highest BCUT2D eigenvalue weighted by molar-refractivity contribution is 5.26. The lowest BCUT2D eigenvalue weighted by molar-refractivity contribution is 0.0276. The van der Waals surface area contributed by atoms with Crippen molar-refractivity contribution in [3.8, 4) is 0 Å². The van der Waals surface area contributed by atoms with E-state index >= 15 is 0 Å². The molecule has 1 saturated heterocycles. The molecular weight excluding hydrogens is 214 g/mol. The van der Waals surface area contributed by atoms with Crippen molar-refractivity contribution in [2.24, 2.45) is 0 Å². The third-order valence-corrected chi connectivity index (χ3v) is 3.18. The van der Waals surface area contributed by atoms with Crippen LogP contribution in [0.4, 0.5) is 0 Å². The molecule has 3 nitrogen and oxygen atoms in total. The van der Waals surface area contributed by atoms with Crippen molar-refractivity contribution < 1.29 is 9.47 Å². The van der Waals surface area contributed by atoms with Gasteiger partial charge in [-0.15, -0.1) is 0 Å². The lowest BCUT2D eigenvalue weighted by atomic mass is 10.0. The van der Waals surface area contributed by atoms with Crippen LogP contribution in [0.25, 0.3) is 0 Å². The minimum Gasteiger partial charge on any atom is -0.381 e. The first-order valence-corrected chi connectivity index (χ1v) is 6.23. The summed E-state index contributed by atoms with van der Waals surface area (Å²) >= 11 is 0. The molecule has 1 N–H and O–H groups in total. The van der Waals surface area contributed by atoms with Crippen LogP contribution < -0.4 is 5.32 Å². The Balaban J connectivity index is 2.05. The first-order valence-electron chi connectivity index (χ1n) is 6.23. The van der Waals surface area contributed by atoms with Gasteiger partial charge in [-0.1, -0.05) is 24.3 Å². The molecule has 94 valence electrons. The number of morpholine rings is 1. The molecule has 1 heterocycles. The number of hydrogen-bond acceptors (Lipinski definition) is 3. The molecule has 0 aromatic heterocycles. The number of hydrogen-bond donors (Lipinski definition) is 1. The standard InChI is InChI=1S/C14H21NO2/c1-11(16-2)8-12-4-3-5-13(9-12)14-10-15-6-7-17-14/h3-5,9,11,14-15H,6-8,10H2,1-2H3. The van der Waals surface area contributed by atoms with E-state index in [1.807, 2.05) is 0 Å². The van der Waals surface area contributed by atoms with Gasteiger partial charge in [0, 0.05) is 20.2 Å². The van der Waals surface area contributed by atoms with E-state index in [9.17, 15) is 0 Å². The molecule has 1 aliphatic heterocycles. The van der Waals surface area contributed by atoms with Crippen LogP contribution in [0.2, 0.25) is 0 Å². The van der Waals surface area contributed by atoms with Crippen molar-refractivity contribution in [2.45, 2.75) is 25.6 Å². The third kappa shape index (κ3) is 3.53. The van der Waals surface area contributed by atoms with E-state index in [0.29, 0.717) is 0 Å². The Bertz CT molecular complexity index is 348. The molecular formula is C14H21NO2. The molecule has 0 aliphatic carbocycles. The minimum atomic E-state index is 0.196. The fourth-order valence-electron chi connectivity index (χ4n) is 2.12. The maximum absolute atomic E-state index is 5.76.